The molecule has 5 nitrogen and oxygen atoms in total. The van der Waals surface area contributed by atoms with Crippen LogP contribution in [0.15, 0.2) is 42.6 Å². The number of amides is 1. The number of para-hydroxylation sites is 1. The van der Waals surface area contributed by atoms with E-state index >= 15 is 0 Å². The van der Waals surface area contributed by atoms with Gasteiger partial charge in [-0.2, -0.15) is 0 Å². The number of ether oxygens (including phenoxy) is 1. The Morgan fingerprint density at radius 2 is 2.18 bits per heavy atom. The molecule has 0 bridgehead atoms. The summed E-state index contributed by atoms with van der Waals surface area (Å²) in [6, 6.07) is 11.6. The van der Waals surface area contributed by atoms with E-state index in [9.17, 15) is 4.79 Å². The smallest absolute Gasteiger partial charge is 0.251 e. The fourth-order valence-electron chi connectivity index (χ4n) is 2.00. The highest BCUT2D eigenvalue weighted by atomic mass is 32.1. The normalized spacial score (nSPS) is 10.8. The highest BCUT2D eigenvalue weighted by Gasteiger charge is 2.06. The maximum absolute atomic E-state index is 11.8. The van der Waals surface area contributed by atoms with Crippen molar-refractivity contribution in [2.75, 3.05) is 11.9 Å². The first kappa shape index (κ1) is 14.6. The lowest BCUT2D eigenvalue weighted by molar-refractivity contribution is -0.121. The van der Waals surface area contributed by atoms with Crippen LogP contribution in [0.1, 0.15) is 10.6 Å². The predicted octanol–water partition coefficient (Wildman–Crippen LogP) is 3.16. The number of fused-ring (bicyclic) bond motifs is 1. The number of pyridine rings is 1. The average molecular weight is 313 g/mol. The lowest BCUT2D eigenvalue weighted by Crippen LogP contribution is -2.18. The molecule has 0 saturated carbocycles. The topological polar surface area (TPSA) is 64.1 Å². The van der Waals surface area contributed by atoms with Crippen molar-refractivity contribution < 1.29 is 9.53 Å². The molecule has 112 valence electrons. The molecule has 6 heteroatoms. The molecule has 2 aromatic heterocycles. The first-order valence-corrected chi connectivity index (χ1v) is 7.67. The standard InChI is InChI=1S/C16H15N3O2S/c1-11-6-7-17-14(8-11)19-15(20)9-21-10-16-18-12-4-2-3-5-13(12)22-16/h2-8H,9-10H2,1H3,(H,17,19,20). The van der Waals surface area contributed by atoms with Crippen LogP contribution in [0.4, 0.5) is 5.82 Å². The predicted molar refractivity (Wildman–Crippen MR) is 86.9 cm³/mol. The van der Waals surface area contributed by atoms with Crippen molar-refractivity contribution in [3.63, 3.8) is 0 Å². The van der Waals surface area contributed by atoms with Crippen molar-refractivity contribution in [3.05, 3.63) is 53.2 Å². The van der Waals surface area contributed by atoms with E-state index < -0.39 is 0 Å². The summed E-state index contributed by atoms with van der Waals surface area (Å²) in [5, 5.41) is 3.57. The minimum absolute atomic E-state index is 0.0223. The molecule has 0 unspecified atom stereocenters. The second-order valence-corrected chi connectivity index (χ2v) is 5.95. The highest BCUT2D eigenvalue weighted by Crippen LogP contribution is 2.21. The summed E-state index contributed by atoms with van der Waals surface area (Å²) in [5.74, 6) is 0.313. The van der Waals surface area contributed by atoms with Gasteiger partial charge in [-0.3, -0.25) is 4.79 Å². The molecular weight excluding hydrogens is 298 g/mol. The molecular formula is C16H15N3O2S. The van der Waals surface area contributed by atoms with Crippen LogP contribution in [0.2, 0.25) is 0 Å². The second-order valence-electron chi connectivity index (χ2n) is 4.83. The minimum atomic E-state index is -0.223. The Labute approximate surface area is 132 Å². The van der Waals surface area contributed by atoms with Crippen molar-refractivity contribution in [1.29, 1.82) is 0 Å². The van der Waals surface area contributed by atoms with Crippen LogP contribution >= 0.6 is 11.3 Å². The number of nitrogens with zero attached hydrogens (tertiary/aromatic N) is 2. The zero-order chi connectivity index (χ0) is 15.4. The number of nitrogens with one attached hydrogen (secondary N) is 1. The Kier molecular flexibility index (Phi) is 4.41. The summed E-state index contributed by atoms with van der Waals surface area (Å²) in [5.41, 5.74) is 2.00. The van der Waals surface area contributed by atoms with E-state index in [0.717, 1.165) is 20.8 Å². The van der Waals surface area contributed by atoms with E-state index in [1.54, 1.807) is 17.5 Å². The Hall–Kier alpha value is -2.31. The summed E-state index contributed by atoms with van der Waals surface area (Å²) in [6.07, 6.45) is 1.66. The molecule has 0 fully saturated rings. The number of rotatable bonds is 5. The number of aromatic nitrogens is 2. The number of thiazole rings is 1. The van der Waals surface area contributed by atoms with Gasteiger partial charge in [0.05, 0.1) is 16.8 Å². The number of hydrogen-bond donors (Lipinski definition) is 1. The van der Waals surface area contributed by atoms with E-state index in [2.05, 4.69) is 15.3 Å². The van der Waals surface area contributed by atoms with Gasteiger partial charge in [0.15, 0.2) is 0 Å². The first-order valence-electron chi connectivity index (χ1n) is 6.85. The number of carbonyl (C=O) groups excluding carboxylic acids is 1. The van der Waals surface area contributed by atoms with Gasteiger partial charge in [-0.05, 0) is 36.8 Å². The summed E-state index contributed by atoms with van der Waals surface area (Å²) in [7, 11) is 0. The Morgan fingerprint density at radius 1 is 1.32 bits per heavy atom. The summed E-state index contributed by atoms with van der Waals surface area (Å²) < 4.78 is 6.54. The number of hydrogen-bond acceptors (Lipinski definition) is 5. The monoisotopic (exact) mass is 313 g/mol. The molecule has 3 rings (SSSR count). The van der Waals surface area contributed by atoms with E-state index in [1.165, 1.54) is 0 Å². The summed E-state index contributed by atoms with van der Waals surface area (Å²) in [4.78, 5) is 20.3. The van der Waals surface area contributed by atoms with Crippen LogP contribution in [0.3, 0.4) is 0 Å². The second kappa shape index (κ2) is 6.64. The van der Waals surface area contributed by atoms with E-state index in [1.807, 2.05) is 43.3 Å². The summed E-state index contributed by atoms with van der Waals surface area (Å²) >= 11 is 1.57. The van der Waals surface area contributed by atoms with Gasteiger partial charge in [-0.25, -0.2) is 9.97 Å². The van der Waals surface area contributed by atoms with Crippen LogP contribution < -0.4 is 5.32 Å². The van der Waals surface area contributed by atoms with Crippen LogP contribution in [0.5, 0.6) is 0 Å². The SMILES string of the molecule is Cc1ccnc(NC(=O)COCc2nc3ccccc3s2)c1. The van der Waals surface area contributed by atoms with E-state index in [4.69, 9.17) is 4.74 Å². The first-order chi connectivity index (χ1) is 10.7. The number of carbonyl (C=O) groups is 1. The molecule has 1 amide bonds. The molecule has 1 aromatic carbocycles. The fraction of sp³-hybridized carbons (Fsp3) is 0.188. The summed E-state index contributed by atoms with van der Waals surface area (Å²) in [6.45, 7) is 2.25. The van der Waals surface area contributed by atoms with Crippen molar-refractivity contribution >= 4 is 33.3 Å². The molecule has 0 radical (unpaired) electrons. The van der Waals surface area contributed by atoms with Gasteiger partial charge in [0.1, 0.15) is 17.4 Å². The lowest BCUT2D eigenvalue weighted by atomic mass is 10.3. The molecule has 0 saturated heterocycles. The fourth-order valence-corrected chi connectivity index (χ4v) is 2.90. The van der Waals surface area contributed by atoms with Crippen LogP contribution in [0, 0.1) is 6.92 Å². The zero-order valence-electron chi connectivity index (χ0n) is 12.1. The van der Waals surface area contributed by atoms with Gasteiger partial charge in [0.25, 0.3) is 5.91 Å². The molecule has 1 N–H and O–H groups in total. The van der Waals surface area contributed by atoms with Crippen LogP contribution in [-0.2, 0) is 16.1 Å². The zero-order valence-corrected chi connectivity index (χ0v) is 12.9. The highest BCUT2D eigenvalue weighted by molar-refractivity contribution is 7.18. The molecule has 0 atom stereocenters. The molecule has 0 aliphatic carbocycles. The van der Waals surface area contributed by atoms with Gasteiger partial charge in [0, 0.05) is 6.20 Å². The third-order valence-corrected chi connectivity index (χ3v) is 3.99. The van der Waals surface area contributed by atoms with E-state index in [-0.39, 0.29) is 12.5 Å². The van der Waals surface area contributed by atoms with Crippen molar-refractivity contribution in [3.8, 4) is 0 Å². The van der Waals surface area contributed by atoms with Crippen molar-refractivity contribution in [2.45, 2.75) is 13.5 Å². The Balaban J connectivity index is 1.51. The van der Waals surface area contributed by atoms with Gasteiger partial charge < -0.3 is 10.1 Å². The van der Waals surface area contributed by atoms with Gasteiger partial charge >= 0.3 is 0 Å². The number of anilines is 1. The third-order valence-electron chi connectivity index (χ3n) is 2.98. The van der Waals surface area contributed by atoms with Crippen LogP contribution in [-0.4, -0.2) is 22.5 Å². The van der Waals surface area contributed by atoms with E-state index in [0.29, 0.717) is 12.4 Å². The van der Waals surface area contributed by atoms with Crippen molar-refractivity contribution in [2.24, 2.45) is 0 Å². The Morgan fingerprint density at radius 3 is 3.00 bits per heavy atom. The molecule has 22 heavy (non-hydrogen) atoms. The molecule has 0 spiro atoms. The Bertz CT molecular complexity index is 768. The molecule has 3 aromatic rings. The maximum Gasteiger partial charge on any atom is 0.251 e. The number of benzene rings is 1. The minimum Gasteiger partial charge on any atom is -0.364 e. The molecule has 2 heterocycles. The van der Waals surface area contributed by atoms with Gasteiger partial charge in [-0.15, -0.1) is 11.3 Å². The largest absolute Gasteiger partial charge is 0.364 e. The van der Waals surface area contributed by atoms with Gasteiger partial charge in [0.2, 0.25) is 0 Å². The van der Waals surface area contributed by atoms with Gasteiger partial charge in [-0.1, -0.05) is 12.1 Å². The third kappa shape index (κ3) is 3.66. The molecule has 0 aliphatic rings. The lowest BCUT2D eigenvalue weighted by Gasteiger charge is -2.05. The number of aryl methyl sites for hydroxylation is 1. The quantitative estimate of drug-likeness (QED) is 0.786. The van der Waals surface area contributed by atoms with Crippen LogP contribution in [0.25, 0.3) is 10.2 Å². The maximum atomic E-state index is 11.8. The molecule has 0 aliphatic heterocycles. The van der Waals surface area contributed by atoms with Crippen molar-refractivity contribution in [1.82, 2.24) is 9.97 Å². The average Bonchev–Trinajstić information content (AvgIpc) is 2.90.